The molecule has 0 saturated heterocycles. The molecule has 104 valence electrons. The van der Waals surface area contributed by atoms with Crippen LogP contribution in [0.5, 0.6) is 0 Å². The number of nitrogens with one attached hydrogen (secondary N) is 1. The number of halogens is 2. The van der Waals surface area contributed by atoms with Crippen molar-refractivity contribution in [2.75, 3.05) is 11.1 Å². The van der Waals surface area contributed by atoms with Crippen molar-refractivity contribution in [2.24, 2.45) is 0 Å². The number of aromatic nitrogens is 1. The zero-order chi connectivity index (χ0) is 14.3. The van der Waals surface area contributed by atoms with E-state index < -0.39 is 11.7 Å². The predicted octanol–water partition coefficient (Wildman–Crippen LogP) is 3.45. The number of hydrogen-bond donors (Lipinski definition) is 2. The lowest BCUT2D eigenvalue weighted by Gasteiger charge is -2.10. The van der Waals surface area contributed by atoms with Gasteiger partial charge in [0.2, 0.25) is 0 Å². The number of benzene rings is 1. The normalized spacial score (nSPS) is 14.3. The third kappa shape index (κ3) is 2.36. The van der Waals surface area contributed by atoms with Crippen LogP contribution in [0.1, 0.15) is 29.4 Å². The molecule has 0 spiro atoms. The largest absolute Gasteiger partial charge is 0.397 e. The quantitative estimate of drug-likeness (QED) is 0.910. The highest BCUT2D eigenvalue weighted by atomic mass is 35.5. The third-order valence-electron chi connectivity index (χ3n) is 3.24. The van der Waals surface area contributed by atoms with Crippen LogP contribution in [0, 0.1) is 5.82 Å². The molecule has 0 bridgehead atoms. The summed E-state index contributed by atoms with van der Waals surface area (Å²) in [5, 5.41) is 2.67. The number of para-hydroxylation sites is 1. The number of hydrogen-bond acceptors (Lipinski definition) is 2. The highest BCUT2D eigenvalue weighted by molar-refractivity contribution is 6.33. The van der Waals surface area contributed by atoms with Gasteiger partial charge in [-0.05, 0) is 31.0 Å². The molecule has 20 heavy (non-hydrogen) atoms. The average molecular weight is 294 g/mol. The number of nitrogens with two attached hydrogens (primary N) is 1. The van der Waals surface area contributed by atoms with Crippen molar-refractivity contribution in [1.82, 2.24) is 4.57 Å². The number of rotatable bonds is 3. The summed E-state index contributed by atoms with van der Waals surface area (Å²) < 4.78 is 15.5. The molecule has 0 unspecified atom stereocenters. The van der Waals surface area contributed by atoms with E-state index in [2.05, 4.69) is 5.32 Å². The van der Waals surface area contributed by atoms with E-state index in [1.807, 2.05) is 4.57 Å². The van der Waals surface area contributed by atoms with Crippen molar-refractivity contribution in [3.63, 3.8) is 0 Å². The first-order chi connectivity index (χ1) is 9.56. The molecule has 6 heteroatoms. The van der Waals surface area contributed by atoms with Crippen LogP contribution in [-0.4, -0.2) is 10.5 Å². The van der Waals surface area contributed by atoms with Crippen LogP contribution in [0.2, 0.25) is 5.02 Å². The van der Waals surface area contributed by atoms with Gasteiger partial charge in [0.1, 0.15) is 11.5 Å². The van der Waals surface area contributed by atoms with Gasteiger partial charge < -0.3 is 15.6 Å². The van der Waals surface area contributed by atoms with Crippen LogP contribution in [0.15, 0.2) is 30.5 Å². The maximum Gasteiger partial charge on any atom is 0.272 e. The first-order valence-electron chi connectivity index (χ1n) is 6.29. The Morgan fingerprint density at radius 1 is 1.45 bits per heavy atom. The average Bonchev–Trinajstić information content (AvgIpc) is 3.17. The maximum atomic E-state index is 13.7. The molecule has 2 aromatic rings. The first kappa shape index (κ1) is 13.0. The lowest BCUT2D eigenvalue weighted by molar-refractivity contribution is 0.101. The van der Waals surface area contributed by atoms with Gasteiger partial charge in [0.05, 0.1) is 16.4 Å². The molecule has 1 heterocycles. The van der Waals surface area contributed by atoms with Gasteiger partial charge in [-0.3, -0.25) is 4.79 Å². The second-order valence-corrected chi connectivity index (χ2v) is 5.26. The van der Waals surface area contributed by atoms with E-state index in [0.29, 0.717) is 17.4 Å². The Morgan fingerprint density at radius 2 is 2.20 bits per heavy atom. The van der Waals surface area contributed by atoms with E-state index in [0.717, 1.165) is 12.8 Å². The summed E-state index contributed by atoms with van der Waals surface area (Å²) >= 11 is 5.89. The van der Waals surface area contributed by atoms with Gasteiger partial charge in [0, 0.05) is 12.2 Å². The minimum atomic E-state index is -0.566. The highest BCUT2D eigenvalue weighted by Crippen LogP contribution is 2.37. The van der Waals surface area contributed by atoms with Gasteiger partial charge >= 0.3 is 0 Å². The minimum absolute atomic E-state index is 0.0127. The van der Waals surface area contributed by atoms with Crippen LogP contribution in [0.3, 0.4) is 0 Å². The Bertz CT molecular complexity index is 659. The Morgan fingerprint density at radius 3 is 2.85 bits per heavy atom. The number of amides is 1. The van der Waals surface area contributed by atoms with Gasteiger partial charge in [-0.1, -0.05) is 17.7 Å². The van der Waals surface area contributed by atoms with E-state index in [-0.39, 0.29) is 10.7 Å². The molecule has 1 aliphatic carbocycles. The summed E-state index contributed by atoms with van der Waals surface area (Å²) in [6, 6.07) is 6.15. The summed E-state index contributed by atoms with van der Waals surface area (Å²) in [4.78, 5) is 12.3. The first-order valence-corrected chi connectivity index (χ1v) is 6.67. The second kappa shape index (κ2) is 4.83. The molecule has 0 radical (unpaired) electrons. The molecule has 1 saturated carbocycles. The summed E-state index contributed by atoms with van der Waals surface area (Å²) in [5.74, 6) is -0.982. The lowest BCUT2D eigenvalue weighted by Crippen LogP contribution is -2.17. The number of carbonyl (C=O) groups excluding carboxylic acids is 1. The van der Waals surface area contributed by atoms with Crippen molar-refractivity contribution in [3.05, 3.63) is 47.0 Å². The summed E-state index contributed by atoms with van der Waals surface area (Å²) in [7, 11) is 0. The molecular formula is C14H13ClFN3O. The molecule has 0 atom stereocenters. The van der Waals surface area contributed by atoms with Gasteiger partial charge in [0.15, 0.2) is 0 Å². The van der Waals surface area contributed by atoms with Gasteiger partial charge in [-0.25, -0.2) is 4.39 Å². The van der Waals surface area contributed by atoms with Crippen molar-refractivity contribution >= 4 is 28.9 Å². The molecule has 3 N–H and O–H groups in total. The maximum absolute atomic E-state index is 13.7. The molecule has 1 amide bonds. The van der Waals surface area contributed by atoms with Gasteiger partial charge in [-0.2, -0.15) is 0 Å². The number of nitrogens with zero attached hydrogens (tertiary/aromatic N) is 1. The van der Waals surface area contributed by atoms with Gasteiger partial charge in [-0.15, -0.1) is 0 Å². The topological polar surface area (TPSA) is 60.1 Å². The standard InChI is InChI=1S/C14H13ClFN3O/c15-10-2-1-3-11(16)13(10)18-14(20)12-6-8(17)7-19(12)9-4-5-9/h1-3,6-7,9H,4-5,17H2,(H,18,20). The monoisotopic (exact) mass is 293 g/mol. The smallest absolute Gasteiger partial charge is 0.272 e. The van der Waals surface area contributed by atoms with E-state index >= 15 is 0 Å². The Hall–Kier alpha value is -2.01. The van der Waals surface area contributed by atoms with Crippen LogP contribution in [0.4, 0.5) is 15.8 Å². The zero-order valence-corrected chi connectivity index (χ0v) is 11.3. The van der Waals surface area contributed by atoms with Crippen molar-refractivity contribution in [2.45, 2.75) is 18.9 Å². The molecule has 1 fully saturated rings. The fourth-order valence-electron chi connectivity index (χ4n) is 2.13. The van der Waals surface area contributed by atoms with E-state index in [1.165, 1.54) is 18.2 Å². The van der Waals surface area contributed by atoms with Crippen molar-refractivity contribution < 1.29 is 9.18 Å². The predicted molar refractivity (Wildman–Crippen MR) is 76.5 cm³/mol. The number of nitrogen functional groups attached to an aromatic ring is 1. The molecule has 1 aromatic carbocycles. The van der Waals surface area contributed by atoms with E-state index in [1.54, 1.807) is 12.3 Å². The van der Waals surface area contributed by atoms with Crippen LogP contribution >= 0.6 is 11.6 Å². The SMILES string of the molecule is Nc1cc(C(=O)Nc2c(F)cccc2Cl)n(C2CC2)c1. The van der Waals surface area contributed by atoms with E-state index in [9.17, 15) is 9.18 Å². The second-order valence-electron chi connectivity index (χ2n) is 4.85. The third-order valence-corrected chi connectivity index (χ3v) is 3.56. The molecule has 0 aliphatic heterocycles. The van der Waals surface area contributed by atoms with Crippen LogP contribution in [-0.2, 0) is 0 Å². The fraction of sp³-hybridized carbons (Fsp3) is 0.214. The van der Waals surface area contributed by atoms with Crippen LogP contribution in [0.25, 0.3) is 0 Å². The zero-order valence-electron chi connectivity index (χ0n) is 10.6. The summed E-state index contributed by atoms with van der Waals surface area (Å²) in [6.45, 7) is 0. The van der Waals surface area contributed by atoms with Crippen molar-refractivity contribution in [3.8, 4) is 0 Å². The fourth-order valence-corrected chi connectivity index (χ4v) is 2.34. The number of carbonyl (C=O) groups is 1. The Kier molecular flexibility index (Phi) is 3.14. The van der Waals surface area contributed by atoms with Crippen molar-refractivity contribution in [1.29, 1.82) is 0 Å². The molecule has 4 nitrogen and oxygen atoms in total. The summed E-state index contributed by atoms with van der Waals surface area (Å²) in [6.07, 6.45) is 3.78. The minimum Gasteiger partial charge on any atom is -0.397 e. The highest BCUT2D eigenvalue weighted by Gasteiger charge is 2.28. The van der Waals surface area contributed by atoms with Crippen LogP contribution < -0.4 is 11.1 Å². The van der Waals surface area contributed by atoms with Gasteiger partial charge in [0.25, 0.3) is 5.91 Å². The molecular weight excluding hydrogens is 281 g/mol. The molecule has 1 aliphatic rings. The number of anilines is 2. The Labute approximate surface area is 120 Å². The lowest BCUT2D eigenvalue weighted by atomic mass is 10.3. The Balaban J connectivity index is 1.90. The van der Waals surface area contributed by atoms with E-state index in [4.69, 9.17) is 17.3 Å². The molecule has 3 rings (SSSR count). The molecule has 1 aromatic heterocycles. The summed E-state index contributed by atoms with van der Waals surface area (Å²) in [5.41, 5.74) is 6.66.